The largest absolute Gasteiger partial charge is 0.457 e. The van der Waals surface area contributed by atoms with Gasteiger partial charge in [0, 0.05) is 16.5 Å². The van der Waals surface area contributed by atoms with E-state index in [-0.39, 0.29) is 11.4 Å². The zero-order valence-corrected chi connectivity index (χ0v) is 14.3. The van der Waals surface area contributed by atoms with Crippen molar-refractivity contribution in [1.29, 1.82) is 0 Å². The summed E-state index contributed by atoms with van der Waals surface area (Å²) in [6, 6.07) is 13.5. The molecule has 0 aliphatic carbocycles. The van der Waals surface area contributed by atoms with Crippen LogP contribution in [0.4, 0.5) is 0 Å². The number of esters is 1. The fraction of sp³-hybridized carbons (Fsp3) is 0.350. The van der Waals surface area contributed by atoms with Crippen LogP contribution in [0.2, 0.25) is 0 Å². The van der Waals surface area contributed by atoms with Gasteiger partial charge in [-0.15, -0.1) is 0 Å². The maximum atomic E-state index is 12.3. The fourth-order valence-electron chi connectivity index (χ4n) is 2.91. The van der Waals surface area contributed by atoms with Crippen LogP contribution in [0.1, 0.15) is 56.1 Å². The molecule has 0 spiro atoms. The molecule has 120 valence electrons. The van der Waals surface area contributed by atoms with E-state index >= 15 is 0 Å². The van der Waals surface area contributed by atoms with E-state index in [1.807, 2.05) is 51.1 Å². The number of hydrogen-bond donors (Lipinski definition) is 0. The predicted octanol–water partition coefficient (Wildman–Crippen LogP) is 5.07. The number of benzene rings is 2. The van der Waals surface area contributed by atoms with Crippen molar-refractivity contribution in [1.82, 2.24) is 0 Å². The third-order valence-electron chi connectivity index (χ3n) is 4.07. The fourth-order valence-corrected chi connectivity index (χ4v) is 2.91. The van der Waals surface area contributed by atoms with E-state index in [1.165, 1.54) is 0 Å². The van der Waals surface area contributed by atoms with Gasteiger partial charge in [0.05, 0.1) is 5.56 Å². The van der Waals surface area contributed by atoms with Gasteiger partial charge in [-0.2, -0.15) is 0 Å². The summed E-state index contributed by atoms with van der Waals surface area (Å²) >= 11 is 0. The SMILES string of the molecule is CC(C)(C)OC(=O)c1ccc2c(c1)C(C)(C)c1ccccc1O2. The van der Waals surface area contributed by atoms with Crippen LogP contribution in [0.5, 0.6) is 11.5 Å². The Labute approximate surface area is 137 Å². The van der Waals surface area contributed by atoms with Crippen LogP contribution in [0.3, 0.4) is 0 Å². The second-order valence-electron chi connectivity index (χ2n) is 7.44. The molecule has 2 aromatic carbocycles. The Balaban J connectivity index is 2.03. The molecule has 0 N–H and O–H groups in total. The second kappa shape index (κ2) is 5.12. The maximum absolute atomic E-state index is 12.3. The third-order valence-corrected chi connectivity index (χ3v) is 4.07. The van der Waals surface area contributed by atoms with Crippen LogP contribution in [-0.2, 0) is 10.2 Å². The molecule has 0 radical (unpaired) electrons. The highest BCUT2D eigenvalue weighted by Gasteiger charge is 2.34. The molecule has 0 bridgehead atoms. The number of hydrogen-bond acceptors (Lipinski definition) is 3. The molecule has 0 saturated heterocycles. The summed E-state index contributed by atoms with van der Waals surface area (Å²) in [4.78, 5) is 12.3. The summed E-state index contributed by atoms with van der Waals surface area (Å²) in [5.41, 5.74) is 1.93. The van der Waals surface area contributed by atoms with Crippen molar-refractivity contribution in [2.75, 3.05) is 0 Å². The van der Waals surface area contributed by atoms with Crippen molar-refractivity contribution in [2.24, 2.45) is 0 Å². The lowest BCUT2D eigenvalue weighted by molar-refractivity contribution is 0.00693. The minimum atomic E-state index is -0.508. The summed E-state index contributed by atoms with van der Waals surface area (Å²) < 4.78 is 11.5. The molecule has 0 unspecified atom stereocenters. The Morgan fingerprint density at radius 1 is 1.00 bits per heavy atom. The first-order valence-electron chi connectivity index (χ1n) is 7.84. The first-order valence-corrected chi connectivity index (χ1v) is 7.84. The van der Waals surface area contributed by atoms with Gasteiger partial charge >= 0.3 is 5.97 Å². The number of ether oxygens (including phenoxy) is 2. The molecule has 0 aromatic heterocycles. The monoisotopic (exact) mass is 310 g/mol. The van der Waals surface area contributed by atoms with E-state index in [0.717, 1.165) is 22.6 Å². The zero-order valence-electron chi connectivity index (χ0n) is 14.3. The van der Waals surface area contributed by atoms with E-state index in [4.69, 9.17) is 9.47 Å². The number of rotatable bonds is 1. The van der Waals surface area contributed by atoms with Gasteiger partial charge in [0.15, 0.2) is 0 Å². The van der Waals surface area contributed by atoms with E-state index in [2.05, 4.69) is 19.9 Å². The first kappa shape index (κ1) is 15.6. The predicted molar refractivity (Wildman–Crippen MR) is 90.3 cm³/mol. The Hall–Kier alpha value is -2.29. The van der Waals surface area contributed by atoms with Crippen molar-refractivity contribution in [3.05, 3.63) is 59.2 Å². The summed E-state index contributed by atoms with van der Waals surface area (Å²) in [5, 5.41) is 0. The number of fused-ring (bicyclic) bond motifs is 2. The Morgan fingerprint density at radius 2 is 1.65 bits per heavy atom. The minimum Gasteiger partial charge on any atom is -0.457 e. The molecule has 1 heterocycles. The maximum Gasteiger partial charge on any atom is 0.338 e. The molecule has 23 heavy (non-hydrogen) atoms. The molecule has 3 nitrogen and oxygen atoms in total. The highest BCUT2D eigenvalue weighted by atomic mass is 16.6. The molecule has 0 saturated carbocycles. The standard InChI is InChI=1S/C20H22O3/c1-19(2,3)23-18(21)13-10-11-17-15(12-13)20(4,5)14-8-6-7-9-16(14)22-17/h6-12H,1-5H3. The lowest BCUT2D eigenvalue weighted by atomic mass is 9.75. The average molecular weight is 310 g/mol. The smallest absolute Gasteiger partial charge is 0.338 e. The Morgan fingerprint density at radius 3 is 2.35 bits per heavy atom. The molecule has 2 aromatic rings. The molecule has 3 heteroatoms. The van der Waals surface area contributed by atoms with Gasteiger partial charge < -0.3 is 9.47 Å². The molecule has 0 fully saturated rings. The van der Waals surface area contributed by atoms with Crippen LogP contribution in [0, 0.1) is 0 Å². The molecular weight excluding hydrogens is 288 g/mol. The second-order valence-corrected chi connectivity index (χ2v) is 7.44. The Kier molecular flexibility index (Phi) is 3.47. The van der Waals surface area contributed by atoms with Crippen LogP contribution < -0.4 is 4.74 Å². The number of carbonyl (C=O) groups is 1. The normalized spacial score (nSPS) is 15.2. The van der Waals surface area contributed by atoms with Crippen molar-refractivity contribution in [3.63, 3.8) is 0 Å². The van der Waals surface area contributed by atoms with Crippen molar-refractivity contribution >= 4 is 5.97 Å². The summed E-state index contributed by atoms with van der Waals surface area (Å²) in [7, 11) is 0. The van der Waals surface area contributed by atoms with Crippen LogP contribution in [0.15, 0.2) is 42.5 Å². The highest BCUT2D eigenvalue weighted by molar-refractivity contribution is 5.90. The van der Waals surface area contributed by atoms with Crippen LogP contribution in [-0.4, -0.2) is 11.6 Å². The molecule has 3 rings (SSSR count). The van der Waals surface area contributed by atoms with Gasteiger partial charge in [0.25, 0.3) is 0 Å². The molecular formula is C20H22O3. The summed E-state index contributed by atoms with van der Waals surface area (Å²) in [6.07, 6.45) is 0. The first-order chi connectivity index (χ1) is 10.7. The van der Waals surface area contributed by atoms with E-state index in [1.54, 1.807) is 6.07 Å². The van der Waals surface area contributed by atoms with E-state index in [0.29, 0.717) is 5.56 Å². The van der Waals surface area contributed by atoms with Crippen LogP contribution >= 0.6 is 0 Å². The summed E-state index contributed by atoms with van der Waals surface area (Å²) in [5.74, 6) is 1.35. The number of para-hydroxylation sites is 1. The van der Waals surface area contributed by atoms with Crippen LogP contribution in [0.25, 0.3) is 0 Å². The van der Waals surface area contributed by atoms with Gasteiger partial charge in [-0.1, -0.05) is 32.0 Å². The van der Waals surface area contributed by atoms with Gasteiger partial charge in [-0.05, 0) is 45.0 Å². The zero-order chi connectivity index (χ0) is 16.8. The topological polar surface area (TPSA) is 35.5 Å². The van der Waals surface area contributed by atoms with Gasteiger partial charge in [0.1, 0.15) is 17.1 Å². The van der Waals surface area contributed by atoms with Crippen molar-refractivity contribution < 1.29 is 14.3 Å². The Bertz CT molecular complexity index is 767. The lowest BCUT2D eigenvalue weighted by Crippen LogP contribution is -2.26. The third kappa shape index (κ3) is 2.83. The molecule has 1 aliphatic rings. The average Bonchev–Trinajstić information content (AvgIpc) is 2.45. The highest BCUT2D eigenvalue weighted by Crippen LogP contribution is 2.47. The molecule has 0 atom stereocenters. The lowest BCUT2D eigenvalue weighted by Gasteiger charge is -2.34. The van der Waals surface area contributed by atoms with Crippen molar-refractivity contribution in [2.45, 2.75) is 45.6 Å². The van der Waals surface area contributed by atoms with Gasteiger partial charge in [0.2, 0.25) is 0 Å². The molecule has 1 aliphatic heterocycles. The molecule has 0 amide bonds. The quantitative estimate of drug-likeness (QED) is 0.690. The minimum absolute atomic E-state index is 0.234. The summed E-state index contributed by atoms with van der Waals surface area (Å²) in [6.45, 7) is 9.89. The van der Waals surface area contributed by atoms with E-state index < -0.39 is 5.60 Å². The number of carbonyl (C=O) groups excluding carboxylic acids is 1. The van der Waals surface area contributed by atoms with Crippen molar-refractivity contribution in [3.8, 4) is 11.5 Å². The van der Waals surface area contributed by atoms with Gasteiger partial charge in [-0.3, -0.25) is 0 Å². The van der Waals surface area contributed by atoms with E-state index in [9.17, 15) is 4.79 Å². The van der Waals surface area contributed by atoms with Gasteiger partial charge in [-0.25, -0.2) is 4.79 Å².